The number of carboxylic acids is 1. The standard InChI is InChI=1S/C11H21NO7/c1-11(2,3)19-10(15)12-18-7-6-16-4-5-17-8-9(13)14/h4-8H2,1-3H3,(H,12,15)(H,13,14)/p-1. The van der Waals surface area contributed by atoms with Gasteiger partial charge in [-0.3, -0.25) is 4.84 Å². The Hall–Kier alpha value is -1.38. The topological polar surface area (TPSA) is 106 Å². The number of carbonyl (C=O) groups is 2. The second kappa shape index (κ2) is 9.54. The van der Waals surface area contributed by atoms with Crippen LogP contribution in [0, 0.1) is 0 Å². The molecule has 0 unspecified atom stereocenters. The molecule has 8 nitrogen and oxygen atoms in total. The first-order valence-electron chi connectivity index (χ1n) is 5.77. The molecule has 0 rings (SSSR count). The molecule has 19 heavy (non-hydrogen) atoms. The summed E-state index contributed by atoms with van der Waals surface area (Å²) >= 11 is 0. The fourth-order valence-electron chi connectivity index (χ4n) is 0.885. The largest absolute Gasteiger partial charge is 0.548 e. The number of carboxylic acid groups (broad SMARTS) is 1. The summed E-state index contributed by atoms with van der Waals surface area (Å²) in [6, 6.07) is 0. The van der Waals surface area contributed by atoms with Crippen LogP contribution >= 0.6 is 0 Å². The molecule has 0 aliphatic rings. The number of hydrogen-bond donors (Lipinski definition) is 1. The second-order valence-corrected chi connectivity index (χ2v) is 4.49. The predicted octanol–water partition coefficient (Wildman–Crippen LogP) is -0.774. The molecule has 0 atom stereocenters. The van der Waals surface area contributed by atoms with E-state index in [1.54, 1.807) is 20.8 Å². The van der Waals surface area contributed by atoms with Crippen LogP contribution < -0.4 is 10.6 Å². The van der Waals surface area contributed by atoms with Gasteiger partial charge in [-0.2, -0.15) is 5.48 Å². The Bertz CT molecular complexity index is 275. The molecule has 1 amide bonds. The van der Waals surface area contributed by atoms with E-state index in [4.69, 9.17) is 14.3 Å². The molecule has 0 radical (unpaired) electrons. The third kappa shape index (κ3) is 14.6. The minimum atomic E-state index is -1.27. The zero-order chi connectivity index (χ0) is 14.7. The first-order chi connectivity index (χ1) is 8.81. The van der Waals surface area contributed by atoms with E-state index in [9.17, 15) is 14.7 Å². The summed E-state index contributed by atoms with van der Waals surface area (Å²) in [7, 11) is 0. The van der Waals surface area contributed by atoms with Gasteiger partial charge in [-0.05, 0) is 20.8 Å². The Morgan fingerprint density at radius 2 is 1.63 bits per heavy atom. The average Bonchev–Trinajstić information content (AvgIpc) is 2.24. The van der Waals surface area contributed by atoms with Crippen molar-refractivity contribution in [1.82, 2.24) is 5.48 Å². The van der Waals surface area contributed by atoms with E-state index < -0.39 is 24.3 Å². The van der Waals surface area contributed by atoms with Crippen molar-refractivity contribution in [1.29, 1.82) is 0 Å². The molecule has 0 aromatic rings. The van der Waals surface area contributed by atoms with Crippen LogP contribution in [0.1, 0.15) is 20.8 Å². The van der Waals surface area contributed by atoms with Gasteiger partial charge in [0.05, 0.1) is 39.0 Å². The number of rotatable bonds is 9. The average molecular weight is 278 g/mol. The normalized spacial score (nSPS) is 11.1. The van der Waals surface area contributed by atoms with Crippen molar-refractivity contribution in [2.75, 3.05) is 33.0 Å². The number of nitrogens with one attached hydrogen (secondary N) is 1. The quantitative estimate of drug-likeness (QED) is 0.436. The number of aliphatic carboxylic acids is 1. The summed E-state index contributed by atoms with van der Waals surface area (Å²) in [5, 5.41) is 9.99. The highest BCUT2D eigenvalue weighted by Gasteiger charge is 2.15. The van der Waals surface area contributed by atoms with E-state index in [-0.39, 0.29) is 26.4 Å². The van der Waals surface area contributed by atoms with Gasteiger partial charge in [0.25, 0.3) is 0 Å². The maximum atomic E-state index is 11.1. The molecule has 0 spiro atoms. The molecule has 0 aromatic carbocycles. The maximum Gasteiger partial charge on any atom is 0.431 e. The SMILES string of the molecule is CC(C)(C)OC(=O)NOCCOCCOCC(=O)[O-]. The van der Waals surface area contributed by atoms with Gasteiger partial charge in [0.1, 0.15) is 5.60 Å². The van der Waals surface area contributed by atoms with E-state index in [1.165, 1.54) is 0 Å². The second-order valence-electron chi connectivity index (χ2n) is 4.49. The first kappa shape index (κ1) is 17.6. The van der Waals surface area contributed by atoms with Crippen molar-refractivity contribution in [2.24, 2.45) is 0 Å². The molecule has 0 aliphatic carbocycles. The lowest BCUT2D eigenvalue weighted by atomic mass is 10.2. The Morgan fingerprint density at radius 1 is 1.05 bits per heavy atom. The molecule has 0 saturated heterocycles. The van der Waals surface area contributed by atoms with Gasteiger partial charge in [-0.1, -0.05) is 0 Å². The first-order valence-corrected chi connectivity index (χ1v) is 5.77. The minimum Gasteiger partial charge on any atom is -0.548 e. The smallest absolute Gasteiger partial charge is 0.431 e. The van der Waals surface area contributed by atoms with Crippen LogP contribution in [-0.2, 0) is 23.8 Å². The molecule has 0 bridgehead atoms. The van der Waals surface area contributed by atoms with Gasteiger partial charge in [0, 0.05) is 0 Å². The Kier molecular flexibility index (Phi) is 8.84. The number of hydrogen-bond acceptors (Lipinski definition) is 7. The van der Waals surface area contributed by atoms with E-state index >= 15 is 0 Å². The molecule has 1 N–H and O–H groups in total. The zero-order valence-corrected chi connectivity index (χ0v) is 11.4. The van der Waals surface area contributed by atoms with E-state index in [0.29, 0.717) is 0 Å². The molecule has 0 aliphatic heterocycles. The molecule has 0 saturated carbocycles. The summed E-state index contributed by atoms with van der Waals surface area (Å²) in [5.41, 5.74) is 1.51. The Morgan fingerprint density at radius 3 is 2.21 bits per heavy atom. The van der Waals surface area contributed by atoms with Crippen LogP contribution in [0.15, 0.2) is 0 Å². The van der Waals surface area contributed by atoms with Gasteiger partial charge >= 0.3 is 6.09 Å². The number of ether oxygens (including phenoxy) is 3. The van der Waals surface area contributed by atoms with Crippen LogP contribution in [0.25, 0.3) is 0 Å². The Labute approximate surface area is 111 Å². The van der Waals surface area contributed by atoms with Crippen molar-refractivity contribution >= 4 is 12.1 Å². The van der Waals surface area contributed by atoms with Crippen molar-refractivity contribution < 1.29 is 33.7 Å². The summed E-state index contributed by atoms with van der Waals surface area (Å²) < 4.78 is 14.6. The maximum absolute atomic E-state index is 11.1. The van der Waals surface area contributed by atoms with Crippen molar-refractivity contribution in [3.63, 3.8) is 0 Å². The number of hydroxylamine groups is 1. The van der Waals surface area contributed by atoms with Crippen LogP contribution in [0.3, 0.4) is 0 Å². The van der Waals surface area contributed by atoms with Gasteiger partial charge in [-0.25, -0.2) is 4.79 Å². The molecule has 0 fully saturated rings. The van der Waals surface area contributed by atoms with Crippen LogP contribution in [0.2, 0.25) is 0 Å². The van der Waals surface area contributed by atoms with Crippen LogP contribution in [0.4, 0.5) is 4.79 Å². The third-order valence-electron chi connectivity index (χ3n) is 1.48. The van der Waals surface area contributed by atoms with Crippen molar-refractivity contribution in [3.05, 3.63) is 0 Å². The lowest BCUT2D eigenvalue weighted by Crippen LogP contribution is -2.33. The van der Waals surface area contributed by atoms with E-state index in [1.807, 2.05) is 0 Å². The summed E-state index contributed by atoms with van der Waals surface area (Å²) in [4.78, 5) is 25.9. The van der Waals surface area contributed by atoms with E-state index in [2.05, 4.69) is 10.2 Å². The Balaban J connectivity index is 3.27. The molecular formula is C11H20NO7-. The van der Waals surface area contributed by atoms with Crippen LogP contribution in [0.5, 0.6) is 0 Å². The lowest BCUT2D eigenvalue weighted by Gasteiger charge is -2.19. The van der Waals surface area contributed by atoms with Gasteiger partial charge in [0.2, 0.25) is 0 Å². The summed E-state index contributed by atoms with van der Waals surface area (Å²) in [6.45, 7) is 5.49. The molecule has 0 aromatic heterocycles. The number of carbonyl (C=O) groups excluding carboxylic acids is 2. The van der Waals surface area contributed by atoms with Gasteiger partial charge < -0.3 is 24.1 Å². The third-order valence-corrected chi connectivity index (χ3v) is 1.48. The van der Waals surface area contributed by atoms with Crippen molar-refractivity contribution in [2.45, 2.75) is 26.4 Å². The highest BCUT2D eigenvalue weighted by atomic mass is 16.7. The molecule has 0 heterocycles. The molecular weight excluding hydrogens is 258 g/mol. The van der Waals surface area contributed by atoms with Crippen molar-refractivity contribution in [3.8, 4) is 0 Å². The fraction of sp³-hybridized carbons (Fsp3) is 0.818. The van der Waals surface area contributed by atoms with Gasteiger partial charge in [-0.15, -0.1) is 0 Å². The van der Waals surface area contributed by atoms with Gasteiger partial charge in [0.15, 0.2) is 0 Å². The molecule has 8 heteroatoms. The fourth-order valence-corrected chi connectivity index (χ4v) is 0.885. The zero-order valence-electron chi connectivity index (χ0n) is 11.4. The highest BCUT2D eigenvalue weighted by Crippen LogP contribution is 2.06. The molecule has 112 valence electrons. The van der Waals surface area contributed by atoms with Crippen LogP contribution in [-0.4, -0.2) is 50.7 Å². The number of amides is 1. The van der Waals surface area contributed by atoms with E-state index in [0.717, 1.165) is 0 Å². The predicted molar refractivity (Wildman–Crippen MR) is 62.0 cm³/mol. The highest BCUT2D eigenvalue weighted by molar-refractivity contribution is 5.66. The summed E-state index contributed by atoms with van der Waals surface area (Å²) in [5.74, 6) is -1.27. The summed E-state index contributed by atoms with van der Waals surface area (Å²) in [6.07, 6.45) is -0.676. The minimum absolute atomic E-state index is 0.139. The lowest BCUT2D eigenvalue weighted by molar-refractivity contribution is -0.309. The monoisotopic (exact) mass is 278 g/mol.